The fourth-order valence-corrected chi connectivity index (χ4v) is 6.29. The normalized spacial score (nSPS) is 11.2. The molecule has 0 spiro atoms. The van der Waals surface area contributed by atoms with Crippen LogP contribution >= 0.6 is 0 Å². The Morgan fingerprint density at radius 2 is 1.64 bits per heavy atom. The van der Waals surface area contributed by atoms with Gasteiger partial charge in [-0.1, -0.05) is 0 Å². The number of pyridine rings is 1. The molecule has 0 fully saturated rings. The van der Waals surface area contributed by atoms with Gasteiger partial charge in [-0.25, -0.2) is 0 Å². The monoisotopic (exact) mass is 431 g/mol. The molecule has 0 radical (unpaired) electrons. The predicted octanol–water partition coefficient (Wildman–Crippen LogP) is 2.90. The van der Waals surface area contributed by atoms with Crippen LogP contribution in [0.1, 0.15) is 52.4 Å². The van der Waals surface area contributed by atoms with Gasteiger partial charge in [0.25, 0.3) is 0 Å². The second-order valence-corrected chi connectivity index (χ2v) is 9.80. The van der Waals surface area contributed by atoms with Crippen molar-refractivity contribution in [2.45, 2.75) is 63.0 Å². The van der Waals surface area contributed by atoms with Gasteiger partial charge in [0.15, 0.2) is 0 Å². The van der Waals surface area contributed by atoms with Gasteiger partial charge in [-0.15, -0.1) is 0 Å². The number of hydrogen-bond acceptors (Lipinski definition) is 3. The van der Waals surface area contributed by atoms with E-state index < -0.39 is 0 Å². The first-order valence-electron chi connectivity index (χ1n) is 8.23. The summed E-state index contributed by atoms with van der Waals surface area (Å²) >= 11 is 0.850. The molecular formula is C17H25N3Se2. The molecule has 0 saturated carbocycles. The molecule has 0 aliphatic heterocycles. The molecule has 0 saturated heterocycles. The average molecular weight is 429 g/mol. The topological polar surface area (TPSA) is 38.7 Å². The fraction of sp³-hybridized carbons (Fsp3) is 0.588. The van der Waals surface area contributed by atoms with E-state index in [2.05, 4.69) is 24.9 Å². The van der Waals surface area contributed by atoms with E-state index in [9.17, 15) is 0 Å². The van der Waals surface area contributed by atoms with E-state index in [-0.39, 0.29) is 0 Å². The van der Waals surface area contributed by atoms with Gasteiger partial charge in [0.05, 0.1) is 0 Å². The minimum atomic E-state index is 0.398. The van der Waals surface area contributed by atoms with Gasteiger partial charge in [-0.3, -0.25) is 0 Å². The van der Waals surface area contributed by atoms with E-state index in [1.807, 2.05) is 12.3 Å². The van der Waals surface area contributed by atoms with E-state index in [0.717, 1.165) is 10.4 Å². The zero-order chi connectivity index (χ0) is 15.6. The van der Waals surface area contributed by atoms with Crippen molar-refractivity contribution in [2.75, 3.05) is 0 Å². The maximum absolute atomic E-state index is 4.90. The third kappa shape index (κ3) is 5.62. The van der Waals surface area contributed by atoms with Crippen LogP contribution in [0.3, 0.4) is 0 Å². The Labute approximate surface area is 146 Å². The van der Waals surface area contributed by atoms with E-state index in [1.54, 1.807) is 0 Å². The molecule has 2 rings (SSSR count). The molecular weight excluding hydrogens is 404 g/mol. The van der Waals surface area contributed by atoms with Crippen LogP contribution in [0.25, 0.3) is 11.0 Å². The number of unbranched alkanes of at least 4 members (excludes halogenated alkanes) is 4. The molecule has 0 atom stereocenters. The van der Waals surface area contributed by atoms with Crippen LogP contribution in [0.5, 0.6) is 0 Å². The van der Waals surface area contributed by atoms with Crippen LogP contribution in [0, 0.1) is 0 Å². The fourth-order valence-electron chi connectivity index (χ4n) is 2.13. The molecule has 0 amide bonds. The summed E-state index contributed by atoms with van der Waals surface area (Å²) in [5.41, 5.74) is 0.900. The van der Waals surface area contributed by atoms with Crippen molar-refractivity contribution in [1.29, 1.82) is 0 Å². The molecule has 2 heterocycles. The quantitative estimate of drug-likeness (QED) is 0.431. The van der Waals surface area contributed by atoms with E-state index in [4.69, 9.17) is 9.97 Å². The minimum absolute atomic E-state index is 0.398. The third-order valence-corrected chi connectivity index (χ3v) is 7.60. The average Bonchev–Trinajstić information content (AvgIpc) is 2.55. The van der Waals surface area contributed by atoms with Gasteiger partial charge in [0, 0.05) is 0 Å². The van der Waals surface area contributed by atoms with Gasteiger partial charge in [0.2, 0.25) is 0 Å². The first kappa shape index (κ1) is 17.9. The van der Waals surface area contributed by atoms with Crippen LogP contribution in [-0.4, -0.2) is 44.9 Å². The van der Waals surface area contributed by atoms with Crippen LogP contribution < -0.4 is 9.32 Å². The first-order chi connectivity index (χ1) is 10.8. The summed E-state index contributed by atoms with van der Waals surface area (Å²) in [7, 11) is 0. The molecule has 0 aliphatic carbocycles. The Kier molecular flexibility index (Phi) is 8.39. The van der Waals surface area contributed by atoms with Gasteiger partial charge in [0.1, 0.15) is 0 Å². The number of aromatic nitrogens is 3. The van der Waals surface area contributed by atoms with Gasteiger partial charge < -0.3 is 0 Å². The van der Waals surface area contributed by atoms with Gasteiger partial charge >= 0.3 is 147 Å². The molecule has 22 heavy (non-hydrogen) atoms. The molecule has 2 aromatic heterocycles. The molecule has 0 aromatic carbocycles. The second-order valence-electron chi connectivity index (χ2n) is 5.30. The molecule has 5 heteroatoms. The van der Waals surface area contributed by atoms with Crippen LogP contribution in [0.2, 0.25) is 10.6 Å². The predicted molar refractivity (Wildman–Crippen MR) is 96.8 cm³/mol. The van der Waals surface area contributed by atoms with Gasteiger partial charge in [-0.2, -0.15) is 0 Å². The molecule has 2 aromatic rings. The van der Waals surface area contributed by atoms with Crippen molar-refractivity contribution in [3.05, 3.63) is 18.3 Å². The first-order valence-corrected chi connectivity index (χ1v) is 12.4. The summed E-state index contributed by atoms with van der Waals surface area (Å²) < 4.78 is 2.33. The van der Waals surface area contributed by atoms with Crippen molar-refractivity contribution >= 4 is 50.3 Å². The van der Waals surface area contributed by atoms with Crippen molar-refractivity contribution < 1.29 is 0 Å². The Morgan fingerprint density at radius 1 is 0.909 bits per heavy atom. The van der Waals surface area contributed by atoms with Gasteiger partial charge in [-0.05, 0) is 0 Å². The molecule has 120 valence electrons. The van der Waals surface area contributed by atoms with E-state index in [0.29, 0.717) is 29.9 Å². The third-order valence-electron chi connectivity index (χ3n) is 3.38. The Balaban J connectivity index is 2.09. The standard InChI is InChI=1S/C17H25N3Se2/c1-3-5-7-12-21-16-14-10-9-11-18-15(14)19-17(20-16)22-13-8-6-4-2/h9-11H,3-8,12-13H2,1-2H3. The van der Waals surface area contributed by atoms with E-state index >= 15 is 0 Å². The van der Waals surface area contributed by atoms with Crippen molar-refractivity contribution in [3.63, 3.8) is 0 Å². The zero-order valence-corrected chi connectivity index (χ0v) is 17.0. The number of nitrogens with zero attached hydrogens (tertiary/aromatic N) is 3. The summed E-state index contributed by atoms with van der Waals surface area (Å²) in [6, 6.07) is 4.14. The molecule has 3 nitrogen and oxygen atoms in total. The molecule has 0 unspecified atom stereocenters. The number of hydrogen-bond donors (Lipinski definition) is 0. The maximum atomic E-state index is 4.90. The summed E-state index contributed by atoms with van der Waals surface area (Å²) in [6.45, 7) is 4.51. The van der Waals surface area contributed by atoms with Crippen molar-refractivity contribution in [2.24, 2.45) is 0 Å². The molecule has 0 bridgehead atoms. The van der Waals surface area contributed by atoms with Crippen molar-refractivity contribution in [1.82, 2.24) is 15.0 Å². The molecule has 0 aliphatic rings. The Hall–Kier alpha value is -0.471. The SMILES string of the molecule is CCCCC[Se]c1nc([Se]CCCCC)c2cccnc2n1. The van der Waals surface area contributed by atoms with E-state index in [1.165, 1.54) is 59.1 Å². The van der Waals surface area contributed by atoms with Crippen LogP contribution in [0.15, 0.2) is 18.3 Å². The second kappa shape index (κ2) is 10.3. The zero-order valence-electron chi connectivity index (χ0n) is 13.5. The summed E-state index contributed by atoms with van der Waals surface area (Å²) in [5.74, 6) is 0. The summed E-state index contributed by atoms with van der Waals surface area (Å²) in [6.07, 6.45) is 9.68. The van der Waals surface area contributed by atoms with Crippen LogP contribution in [0.4, 0.5) is 0 Å². The number of fused-ring (bicyclic) bond motifs is 1. The van der Waals surface area contributed by atoms with Crippen LogP contribution in [-0.2, 0) is 0 Å². The number of rotatable bonds is 10. The molecule has 0 N–H and O–H groups in total. The Morgan fingerprint density at radius 3 is 2.36 bits per heavy atom. The van der Waals surface area contributed by atoms with Crippen molar-refractivity contribution in [3.8, 4) is 0 Å². The summed E-state index contributed by atoms with van der Waals surface area (Å²) in [4.78, 5) is 14.1. The Bertz CT molecular complexity index is 575. The summed E-state index contributed by atoms with van der Waals surface area (Å²) in [5, 5.41) is 3.71.